The van der Waals surface area contributed by atoms with Crippen molar-refractivity contribution >= 4 is 12.0 Å². The zero-order chi connectivity index (χ0) is 11.1. The Balaban J connectivity index is 1.45. The van der Waals surface area contributed by atoms with E-state index >= 15 is 0 Å². The highest BCUT2D eigenvalue weighted by atomic mass is 16.6. The molecule has 0 aromatic rings. The van der Waals surface area contributed by atoms with Crippen molar-refractivity contribution in [2.45, 2.75) is 37.8 Å². The summed E-state index contributed by atoms with van der Waals surface area (Å²) >= 11 is 0. The van der Waals surface area contributed by atoms with Crippen LogP contribution in [-0.2, 0) is 9.53 Å². The van der Waals surface area contributed by atoms with Gasteiger partial charge in [0.1, 0.15) is 6.10 Å². The molecule has 0 radical (unpaired) electrons. The van der Waals surface area contributed by atoms with E-state index in [9.17, 15) is 9.59 Å². The molecule has 1 atom stereocenters. The lowest BCUT2D eigenvalue weighted by Gasteiger charge is -2.11. The second-order valence-electron chi connectivity index (χ2n) is 4.91. The molecule has 1 heterocycles. The van der Waals surface area contributed by atoms with Crippen molar-refractivity contribution in [3.05, 3.63) is 0 Å². The summed E-state index contributed by atoms with van der Waals surface area (Å²) < 4.78 is 5.20. The van der Waals surface area contributed by atoms with E-state index < -0.39 is 0 Å². The van der Waals surface area contributed by atoms with Crippen LogP contribution in [0.3, 0.4) is 0 Å². The lowest BCUT2D eigenvalue weighted by molar-refractivity contribution is -0.122. The molecule has 0 aromatic carbocycles. The molecule has 16 heavy (non-hydrogen) atoms. The van der Waals surface area contributed by atoms with Gasteiger partial charge in [-0.25, -0.2) is 4.79 Å². The summed E-state index contributed by atoms with van der Waals surface area (Å²) in [5.74, 6) is 0.331. The third-order valence-corrected chi connectivity index (χ3v) is 3.34. The largest absolute Gasteiger partial charge is 0.442 e. The monoisotopic (exact) mass is 224 g/mol. The lowest BCUT2D eigenvalue weighted by Crippen LogP contribution is -2.35. The molecule has 88 valence electrons. The van der Waals surface area contributed by atoms with Crippen molar-refractivity contribution in [2.75, 3.05) is 13.1 Å². The summed E-state index contributed by atoms with van der Waals surface area (Å²) in [6.07, 6.45) is 3.82. The second kappa shape index (κ2) is 3.64. The van der Waals surface area contributed by atoms with Gasteiger partial charge in [0.05, 0.1) is 13.1 Å². The number of hydrogen-bond donors (Lipinski definition) is 1. The predicted molar refractivity (Wildman–Crippen MR) is 55.7 cm³/mol. The molecule has 3 rings (SSSR count). The Kier molecular flexibility index (Phi) is 2.26. The fourth-order valence-corrected chi connectivity index (χ4v) is 2.04. The molecule has 1 unspecified atom stereocenters. The molecule has 3 fully saturated rings. The number of carbonyl (C=O) groups is 2. The fourth-order valence-electron chi connectivity index (χ4n) is 2.04. The SMILES string of the molecule is O=C(NCC1CN(C2CC2)C(=O)O1)C1CC1. The van der Waals surface area contributed by atoms with Crippen molar-refractivity contribution < 1.29 is 14.3 Å². The molecule has 2 amide bonds. The van der Waals surface area contributed by atoms with Gasteiger partial charge in [0, 0.05) is 12.0 Å². The van der Waals surface area contributed by atoms with Gasteiger partial charge < -0.3 is 15.0 Å². The number of carbonyl (C=O) groups excluding carboxylic acids is 2. The van der Waals surface area contributed by atoms with Crippen LogP contribution in [0.5, 0.6) is 0 Å². The normalized spacial score (nSPS) is 29.1. The number of ether oxygens (including phenoxy) is 1. The molecule has 0 spiro atoms. The zero-order valence-electron chi connectivity index (χ0n) is 9.15. The Bertz CT molecular complexity index is 323. The highest BCUT2D eigenvalue weighted by Gasteiger charge is 2.41. The summed E-state index contributed by atoms with van der Waals surface area (Å²) in [5.41, 5.74) is 0. The van der Waals surface area contributed by atoms with Gasteiger partial charge >= 0.3 is 6.09 Å². The molecular weight excluding hydrogens is 208 g/mol. The van der Waals surface area contributed by atoms with Crippen LogP contribution in [0.1, 0.15) is 25.7 Å². The van der Waals surface area contributed by atoms with Crippen LogP contribution in [0.15, 0.2) is 0 Å². The molecule has 2 saturated carbocycles. The van der Waals surface area contributed by atoms with E-state index in [4.69, 9.17) is 4.74 Å². The van der Waals surface area contributed by atoms with E-state index in [1.807, 2.05) is 0 Å². The first kappa shape index (κ1) is 9.93. The van der Waals surface area contributed by atoms with E-state index in [0.717, 1.165) is 25.7 Å². The average molecular weight is 224 g/mol. The maximum absolute atomic E-state index is 11.4. The average Bonchev–Trinajstić information content (AvgIpc) is 3.13. The topological polar surface area (TPSA) is 58.6 Å². The van der Waals surface area contributed by atoms with Crippen LogP contribution in [0.25, 0.3) is 0 Å². The van der Waals surface area contributed by atoms with Gasteiger partial charge in [0.25, 0.3) is 0 Å². The maximum Gasteiger partial charge on any atom is 0.410 e. The molecule has 0 bridgehead atoms. The molecule has 0 aromatic heterocycles. The molecule has 1 saturated heterocycles. The highest BCUT2D eigenvalue weighted by molar-refractivity contribution is 5.81. The Labute approximate surface area is 94.1 Å². The van der Waals surface area contributed by atoms with E-state index in [0.29, 0.717) is 19.1 Å². The standard InChI is InChI=1S/C11H16N2O3/c14-10(7-1-2-7)12-5-9-6-13(8-3-4-8)11(15)16-9/h7-9H,1-6H2,(H,12,14). The van der Waals surface area contributed by atoms with Crippen molar-refractivity contribution in [3.8, 4) is 0 Å². The number of rotatable bonds is 4. The number of nitrogens with zero attached hydrogens (tertiary/aromatic N) is 1. The summed E-state index contributed by atoms with van der Waals surface area (Å²) in [6.45, 7) is 1.10. The summed E-state index contributed by atoms with van der Waals surface area (Å²) in [4.78, 5) is 24.6. The van der Waals surface area contributed by atoms with E-state index in [2.05, 4.69) is 5.32 Å². The van der Waals surface area contributed by atoms with E-state index in [-0.39, 0.29) is 24.0 Å². The van der Waals surface area contributed by atoms with E-state index in [1.54, 1.807) is 4.90 Å². The number of amides is 2. The van der Waals surface area contributed by atoms with Gasteiger partial charge in [-0.05, 0) is 25.7 Å². The highest BCUT2D eigenvalue weighted by Crippen LogP contribution is 2.31. The van der Waals surface area contributed by atoms with Gasteiger partial charge in [-0.1, -0.05) is 0 Å². The summed E-state index contributed by atoms with van der Waals surface area (Å²) in [7, 11) is 0. The predicted octanol–water partition coefficient (Wildman–Crippen LogP) is 0.496. The van der Waals surface area contributed by atoms with Crippen molar-refractivity contribution in [3.63, 3.8) is 0 Å². The molecular formula is C11H16N2O3. The molecule has 1 N–H and O–H groups in total. The van der Waals surface area contributed by atoms with E-state index in [1.165, 1.54) is 0 Å². The van der Waals surface area contributed by atoms with Crippen molar-refractivity contribution in [1.29, 1.82) is 0 Å². The summed E-state index contributed by atoms with van der Waals surface area (Å²) in [5, 5.41) is 2.84. The third-order valence-electron chi connectivity index (χ3n) is 3.34. The Hall–Kier alpha value is -1.26. The first-order valence-electron chi connectivity index (χ1n) is 5.99. The van der Waals surface area contributed by atoms with Crippen LogP contribution < -0.4 is 5.32 Å². The molecule has 1 aliphatic heterocycles. The van der Waals surface area contributed by atoms with Crippen LogP contribution in [0.4, 0.5) is 4.79 Å². The van der Waals surface area contributed by atoms with Gasteiger partial charge in [-0.2, -0.15) is 0 Å². The lowest BCUT2D eigenvalue weighted by atomic mass is 10.3. The van der Waals surface area contributed by atoms with Crippen LogP contribution >= 0.6 is 0 Å². The zero-order valence-corrected chi connectivity index (χ0v) is 9.15. The van der Waals surface area contributed by atoms with Crippen LogP contribution in [-0.4, -0.2) is 42.1 Å². The van der Waals surface area contributed by atoms with Crippen LogP contribution in [0.2, 0.25) is 0 Å². The van der Waals surface area contributed by atoms with Crippen molar-refractivity contribution in [1.82, 2.24) is 10.2 Å². The number of cyclic esters (lactones) is 1. The summed E-state index contributed by atoms with van der Waals surface area (Å²) in [6, 6.07) is 0.400. The first-order valence-corrected chi connectivity index (χ1v) is 5.99. The van der Waals surface area contributed by atoms with Gasteiger partial charge in [0.15, 0.2) is 0 Å². The minimum absolute atomic E-state index is 0.112. The molecule has 5 nitrogen and oxygen atoms in total. The molecule has 2 aliphatic carbocycles. The first-order chi connectivity index (χ1) is 7.74. The smallest absolute Gasteiger partial charge is 0.410 e. The third kappa shape index (κ3) is 1.99. The Morgan fingerprint density at radius 3 is 2.75 bits per heavy atom. The van der Waals surface area contributed by atoms with Crippen LogP contribution in [0, 0.1) is 5.92 Å². The van der Waals surface area contributed by atoms with Crippen molar-refractivity contribution in [2.24, 2.45) is 5.92 Å². The maximum atomic E-state index is 11.4. The quantitative estimate of drug-likeness (QED) is 0.756. The number of hydrogen-bond acceptors (Lipinski definition) is 3. The second-order valence-corrected chi connectivity index (χ2v) is 4.91. The van der Waals surface area contributed by atoms with Gasteiger partial charge in [0.2, 0.25) is 5.91 Å². The van der Waals surface area contributed by atoms with Gasteiger partial charge in [-0.15, -0.1) is 0 Å². The minimum atomic E-state index is -0.215. The fraction of sp³-hybridized carbons (Fsp3) is 0.818. The minimum Gasteiger partial charge on any atom is -0.442 e. The Morgan fingerprint density at radius 2 is 2.12 bits per heavy atom. The number of nitrogens with one attached hydrogen (secondary N) is 1. The Morgan fingerprint density at radius 1 is 1.38 bits per heavy atom. The van der Waals surface area contributed by atoms with Gasteiger partial charge in [-0.3, -0.25) is 4.79 Å². The molecule has 3 aliphatic rings. The molecule has 5 heteroatoms.